The zero-order valence-electron chi connectivity index (χ0n) is 12.7. The van der Waals surface area contributed by atoms with Gasteiger partial charge in [0.25, 0.3) is 5.91 Å². The maximum Gasteiger partial charge on any atom is 0.257 e. The second-order valence-corrected chi connectivity index (χ2v) is 6.10. The molecule has 0 bridgehead atoms. The van der Waals surface area contributed by atoms with E-state index in [0.717, 1.165) is 31.4 Å². The number of hydrogen-bond acceptors (Lipinski definition) is 4. The van der Waals surface area contributed by atoms with E-state index in [1.54, 1.807) is 6.20 Å². The average molecular weight is 289 g/mol. The topological polar surface area (TPSA) is 55.3 Å². The highest BCUT2D eigenvalue weighted by Gasteiger charge is 2.41. The summed E-state index contributed by atoms with van der Waals surface area (Å²) in [6, 6.07) is 0. The van der Waals surface area contributed by atoms with Crippen molar-refractivity contribution in [2.24, 2.45) is 0 Å². The first-order valence-corrected chi connectivity index (χ1v) is 7.96. The molecule has 0 radical (unpaired) electrons. The van der Waals surface area contributed by atoms with Gasteiger partial charge in [0.05, 0.1) is 30.0 Å². The lowest BCUT2D eigenvalue weighted by Gasteiger charge is -2.40. The van der Waals surface area contributed by atoms with Crippen LogP contribution in [0.5, 0.6) is 0 Å². The Hall–Kier alpha value is -1.49. The number of amides is 1. The first kappa shape index (κ1) is 14.4. The molecular formula is C16H23N3O2. The van der Waals surface area contributed by atoms with E-state index in [2.05, 4.69) is 16.9 Å². The Labute approximate surface area is 125 Å². The highest BCUT2D eigenvalue weighted by molar-refractivity contribution is 5.95. The molecular weight excluding hydrogens is 266 g/mol. The lowest BCUT2D eigenvalue weighted by Crippen LogP contribution is -2.52. The summed E-state index contributed by atoms with van der Waals surface area (Å²) in [4.78, 5) is 23.1. The molecule has 2 heterocycles. The summed E-state index contributed by atoms with van der Waals surface area (Å²) in [5.74, 6) is 0.0635. The van der Waals surface area contributed by atoms with Crippen LogP contribution < -0.4 is 0 Å². The van der Waals surface area contributed by atoms with Crippen LogP contribution in [0.15, 0.2) is 12.5 Å². The van der Waals surface area contributed by atoms with Gasteiger partial charge in [0.1, 0.15) is 6.33 Å². The summed E-state index contributed by atoms with van der Waals surface area (Å²) in [7, 11) is 0. The second kappa shape index (κ2) is 6.10. The van der Waals surface area contributed by atoms with Crippen LogP contribution in [0.4, 0.5) is 0 Å². The van der Waals surface area contributed by atoms with Gasteiger partial charge in [-0.2, -0.15) is 0 Å². The molecule has 1 spiro atoms. The summed E-state index contributed by atoms with van der Waals surface area (Å²) in [5, 5.41) is 0. The van der Waals surface area contributed by atoms with E-state index in [0.29, 0.717) is 25.3 Å². The first-order valence-electron chi connectivity index (χ1n) is 7.96. The van der Waals surface area contributed by atoms with Crippen molar-refractivity contribution in [3.63, 3.8) is 0 Å². The molecule has 1 saturated heterocycles. The van der Waals surface area contributed by atoms with Gasteiger partial charge >= 0.3 is 0 Å². The van der Waals surface area contributed by atoms with Gasteiger partial charge < -0.3 is 9.64 Å². The Bertz CT molecular complexity index is 512. The number of hydrogen-bond donors (Lipinski definition) is 0. The van der Waals surface area contributed by atoms with E-state index in [4.69, 9.17) is 4.74 Å². The monoisotopic (exact) mass is 289 g/mol. The van der Waals surface area contributed by atoms with E-state index in [1.165, 1.54) is 19.2 Å². The van der Waals surface area contributed by atoms with Crippen molar-refractivity contribution in [3.8, 4) is 0 Å². The van der Waals surface area contributed by atoms with Crippen molar-refractivity contribution in [1.29, 1.82) is 0 Å². The third kappa shape index (κ3) is 2.93. The molecule has 1 aromatic heterocycles. The van der Waals surface area contributed by atoms with Crippen molar-refractivity contribution >= 4 is 5.91 Å². The number of aromatic nitrogens is 2. The van der Waals surface area contributed by atoms with Crippen LogP contribution in [0.1, 0.15) is 55.1 Å². The lowest BCUT2D eigenvalue weighted by molar-refractivity contribution is -0.0948. The van der Waals surface area contributed by atoms with Crippen LogP contribution in [0.3, 0.4) is 0 Å². The Morgan fingerprint density at radius 3 is 3.00 bits per heavy atom. The molecule has 2 fully saturated rings. The van der Waals surface area contributed by atoms with Crippen molar-refractivity contribution in [2.45, 2.75) is 51.0 Å². The van der Waals surface area contributed by atoms with Gasteiger partial charge in [-0.15, -0.1) is 0 Å². The summed E-state index contributed by atoms with van der Waals surface area (Å²) < 4.78 is 6.00. The molecule has 0 N–H and O–H groups in total. The second-order valence-electron chi connectivity index (χ2n) is 6.10. The van der Waals surface area contributed by atoms with Crippen LogP contribution >= 0.6 is 0 Å². The maximum atomic E-state index is 12.8. The Morgan fingerprint density at radius 1 is 1.43 bits per heavy atom. The minimum Gasteiger partial charge on any atom is -0.371 e. The van der Waals surface area contributed by atoms with E-state index in [1.807, 2.05) is 4.90 Å². The smallest absolute Gasteiger partial charge is 0.257 e. The quantitative estimate of drug-likeness (QED) is 0.856. The summed E-state index contributed by atoms with van der Waals surface area (Å²) in [5.41, 5.74) is 1.44. The zero-order valence-corrected chi connectivity index (χ0v) is 12.7. The van der Waals surface area contributed by atoms with Gasteiger partial charge in [0.15, 0.2) is 0 Å². The molecule has 114 valence electrons. The molecule has 0 unspecified atom stereocenters. The molecule has 2 aliphatic rings. The molecule has 0 aromatic carbocycles. The van der Waals surface area contributed by atoms with Crippen LogP contribution in [-0.2, 0) is 11.2 Å². The number of nitrogens with zero attached hydrogens (tertiary/aromatic N) is 3. The van der Waals surface area contributed by atoms with Gasteiger partial charge in [-0.25, -0.2) is 9.97 Å². The van der Waals surface area contributed by atoms with Gasteiger partial charge in [-0.3, -0.25) is 4.79 Å². The number of carbonyl (C=O) groups is 1. The van der Waals surface area contributed by atoms with E-state index in [9.17, 15) is 4.79 Å². The predicted molar refractivity (Wildman–Crippen MR) is 79.1 cm³/mol. The average Bonchev–Trinajstić information content (AvgIpc) is 2.95. The molecule has 1 amide bonds. The minimum atomic E-state index is -0.0888. The zero-order chi connectivity index (χ0) is 14.7. The molecule has 1 saturated carbocycles. The summed E-state index contributed by atoms with van der Waals surface area (Å²) >= 11 is 0. The largest absolute Gasteiger partial charge is 0.371 e. The Kier molecular flexibility index (Phi) is 4.19. The minimum absolute atomic E-state index is 0.0635. The molecule has 3 rings (SSSR count). The Balaban J connectivity index is 1.78. The highest BCUT2D eigenvalue weighted by Crippen LogP contribution is 2.36. The molecule has 1 aliphatic heterocycles. The van der Waals surface area contributed by atoms with Gasteiger partial charge in [0.2, 0.25) is 0 Å². The predicted octanol–water partition coefficient (Wildman–Crippen LogP) is 2.21. The molecule has 21 heavy (non-hydrogen) atoms. The molecule has 5 nitrogen and oxygen atoms in total. The van der Waals surface area contributed by atoms with Crippen molar-refractivity contribution in [2.75, 3.05) is 19.7 Å². The number of rotatable bonds is 3. The fourth-order valence-corrected chi connectivity index (χ4v) is 3.48. The number of morpholine rings is 1. The normalized spacial score (nSPS) is 20.9. The lowest BCUT2D eigenvalue weighted by atomic mass is 9.99. The fourth-order valence-electron chi connectivity index (χ4n) is 3.48. The molecule has 1 aliphatic carbocycles. The van der Waals surface area contributed by atoms with Crippen LogP contribution in [-0.4, -0.2) is 46.1 Å². The van der Waals surface area contributed by atoms with Crippen molar-refractivity contribution < 1.29 is 9.53 Å². The van der Waals surface area contributed by atoms with Gasteiger partial charge in [-0.1, -0.05) is 26.2 Å². The summed E-state index contributed by atoms with van der Waals surface area (Å²) in [6.45, 7) is 4.12. The SMILES string of the molecule is CCCc1ncncc1C(=O)N1CCOC2(CCCC2)C1. The van der Waals surface area contributed by atoms with Crippen LogP contribution in [0, 0.1) is 0 Å². The third-order valence-electron chi connectivity index (χ3n) is 4.56. The first-order chi connectivity index (χ1) is 10.2. The van der Waals surface area contributed by atoms with Gasteiger partial charge in [-0.05, 0) is 19.3 Å². The number of ether oxygens (including phenoxy) is 1. The fraction of sp³-hybridized carbons (Fsp3) is 0.688. The Morgan fingerprint density at radius 2 is 2.24 bits per heavy atom. The van der Waals surface area contributed by atoms with Crippen molar-refractivity contribution in [3.05, 3.63) is 23.8 Å². The highest BCUT2D eigenvalue weighted by atomic mass is 16.5. The third-order valence-corrected chi connectivity index (χ3v) is 4.56. The van der Waals surface area contributed by atoms with Crippen LogP contribution in [0.2, 0.25) is 0 Å². The molecule has 5 heteroatoms. The molecule has 1 aromatic rings. The van der Waals surface area contributed by atoms with Crippen LogP contribution in [0.25, 0.3) is 0 Å². The van der Waals surface area contributed by atoms with Crippen molar-refractivity contribution in [1.82, 2.24) is 14.9 Å². The standard InChI is InChI=1S/C16H23N3O2/c1-2-5-14-13(10-17-12-18-14)15(20)19-8-9-21-16(11-19)6-3-4-7-16/h10,12H,2-9,11H2,1H3. The number of aryl methyl sites for hydroxylation is 1. The van der Waals surface area contributed by atoms with E-state index >= 15 is 0 Å². The van der Waals surface area contributed by atoms with E-state index in [-0.39, 0.29) is 11.5 Å². The number of carbonyl (C=O) groups excluding carboxylic acids is 1. The van der Waals surface area contributed by atoms with Gasteiger partial charge in [0, 0.05) is 12.7 Å². The maximum absolute atomic E-state index is 12.8. The van der Waals surface area contributed by atoms with E-state index < -0.39 is 0 Å². The summed E-state index contributed by atoms with van der Waals surface area (Å²) in [6.07, 6.45) is 9.54. The molecule has 0 atom stereocenters.